The van der Waals surface area contributed by atoms with Crippen LogP contribution in [0.15, 0.2) is 53.6 Å². The van der Waals surface area contributed by atoms with Crippen molar-refractivity contribution in [3.63, 3.8) is 0 Å². The average molecular weight is 168 g/mol. The van der Waals surface area contributed by atoms with E-state index in [0.29, 0.717) is 0 Å². The van der Waals surface area contributed by atoms with Crippen molar-refractivity contribution < 1.29 is 0 Å². The van der Waals surface area contributed by atoms with Crippen LogP contribution in [0.25, 0.3) is 0 Å². The van der Waals surface area contributed by atoms with Crippen LogP contribution in [0.1, 0.15) is 6.42 Å². The number of nitrogens with zero attached hydrogens (tertiary/aromatic N) is 1. The molecule has 1 aliphatic rings. The van der Waals surface area contributed by atoms with Gasteiger partial charge in [0.1, 0.15) is 0 Å². The molecule has 1 radical (unpaired) electrons. The van der Waals surface area contributed by atoms with Gasteiger partial charge in [0.15, 0.2) is 0 Å². The summed E-state index contributed by atoms with van der Waals surface area (Å²) in [6.07, 6.45) is 9.95. The van der Waals surface area contributed by atoms with E-state index < -0.39 is 0 Å². The second-order valence-electron chi connectivity index (χ2n) is 2.84. The zero-order valence-corrected chi connectivity index (χ0v) is 7.27. The summed E-state index contributed by atoms with van der Waals surface area (Å²) >= 11 is 0. The van der Waals surface area contributed by atoms with Crippen molar-refractivity contribution in [1.29, 1.82) is 0 Å². The number of rotatable bonds is 1. The molecule has 13 heavy (non-hydrogen) atoms. The molecule has 0 heterocycles. The van der Waals surface area contributed by atoms with Gasteiger partial charge in [-0.05, 0) is 12.1 Å². The molecule has 0 atom stereocenters. The summed E-state index contributed by atoms with van der Waals surface area (Å²) in [4.78, 5) is 4.44. The molecular weight excluding hydrogens is 158 g/mol. The molecule has 0 aliphatic heterocycles. The number of para-hydroxylation sites is 1. The van der Waals surface area contributed by atoms with Crippen LogP contribution in [0.2, 0.25) is 0 Å². The highest BCUT2D eigenvalue weighted by Gasteiger charge is 1.95. The molecule has 0 unspecified atom stereocenters. The van der Waals surface area contributed by atoms with E-state index in [2.05, 4.69) is 17.1 Å². The van der Waals surface area contributed by atoms with Crippen LogP contribution in [0, 0.1) is 6.08 Å². The molecule has 0 bridgehead atoms. The van der Waals surface area contributed by atoms with Crippen LogP contribution in [0.5, 0.6) is 0 Å². The highest BCUT2D eigenvalue weighted by atomic mass is 14.7. The first kappa shape index (κ1) is 7.99. The second-order valence-corrected chi connectivity index (χ2v) is 2.84. The van der Waals surface area contributed by atoms with E-state index in [0.717, 1.165) is 17.8 Å². The summed E-state index contributed by atoms with van der Waals surface area (Å²) in [7, 11) is 0. The fraction of sp³-hybridized carbons (Fsp3) is 0.0833. The van der Waals surface area contributed by atoms with E-state index in [1.165, 1.54) is 0 Å². The van der Waals surface area contributed by atoms with Gasteiger partial charge < -0.3 is 0 Å². The van der Waals surface area contributed by atoms with Crippen molar-refractivity contribution in [3.05, 3.63) is 54.6 Å². The number of allylic oxidation sites excluding steroid dienone is 4. The predicted molar refractivity (Wildman–Crippen MR) is 55.1 cm³/mol. The van der Waals surface area contributed by atoms with Gasteiger partial charge in [-0.2, -0.15) is 0 Å². The van der Waals surface area contributed by atoms with Crippen molar-refractivity contribution in [2.45, 2.75) is 6.42 Å². The Morgan fingerprint density at radius 3 is 2.69 bits per heavy atom. The third-order valence-electron chi connectivity index (χ3n) is 1.81. The largest absolute Gasteiger partial charge is 0.252 e. The van der Waals surface area contributed by atoms with Gasteiger partial charge in [-0.1, -0.05) is 36.4 Å². The van der Waals surface area contributed by atoms with Crippen molar-refractivity contribution in [2.24, 2.45) is 4.99 Å². The summed E-state index contributed by atoms with van der Waals surface area (Å²) in [5.41, 5.74) is 1.99. The Balaban J connectivity index is 2.21. The molecule has 63 valence electrons. The monoisotopic (exact) mass is 168 g/mol. The van der Waals surface area contributed by atoms with E-state index in [1.807, 2.05) is 42.5 Å². The first-order chi connectivity index (χ1) is 6.45. The van der Waals surface area contributed by atoms with E-state index in [4.69, 9.17) is 0 Å². The van der Waals surface area contributed by atoms with E-state index in [-0.39, 0.29) is 0 Å². The summed E-state index contributed by atoms with van der Waals surface area (Å²) in [6.45, 7) is 0. The molecule has 1 heteroatoms. The molecule has 1 aromatic carbocycles. The fourth-order valence-electron chi connectivity index (χ4n) is 1.19. The molecule has 0 saturated carbocycles. The molecule has 0 saturated heterocycles. The SMILES string of the molecule is [C]1=CC=CCC1=Nc1ccccc1. The van der Waals surface area contributed by atoms with Gasteiger partial charge in [-0.15, -0.1) is 0 Å². The smallest absolute Gasteiger partial charge is 0.0633 e. The van der Waals surface area contributed by atoms with Gasteiger partial charge >= 0.3 is 0 Å². The molecule has 1 aromatic rings. The van der Waals surface area contributed by atoms with Crippen molar-refractivity contribution in [2.75, 3.05) is 0 Å². The molecule has 0 N–H and O–H groups in total. The molecule has 0 fully saturated rings. The fourth-order valence-corrected chi connectivity index (χ4v) is 1.19. The first-order valence-corrected chi connectivity index (χ1v) is 4.33. The van der Waals surface area contributed by atoms with E-state index >= 15 is 0 Å². The number of hydrogen-bond acceptors (Lipinski definition) is 1. The van der Waals surface area contributed by atoms with Crippen LogP contribution in [-0.2, 0) is 0 Å². The Morgan fingerprint density at radius 1 is 1.15 bits per heavy atom. The standard InChI is InChI=1S/C12H10N/c1-3-7-11(8-4-1)13-12-9-5-2-6-10-12/h1-8H,9H2. The van der Waals surface area contributed by atoms with E-state index in [1.54, 1.807) is 0 Å². The molecule has 0 amide bonds. The minimum Gasteiger partial charge on any atom is -0.252 e. The van der Waals surface area contributed by atoms with Crippen molar-refractivity contribution in [1.82, 2.24) is 0 Å². The molecule has 0 aromatic heterocycles. The van der Waals surface area contributed by atoms with Crippen molar-refractivity contribution >= 4 is 11.4 Å². The van der Waals surface area contributed by atoms with Crippen molar-refractivity contribution in [3.8, 4) is 0 Å². The topological polar surface area (TPSA) is 12.4 Å². The maximum absolute atomic E-state index is 4.44. The summed E-state index contributed by atoms with van der Waals surface area (Å²) < 4.78 is 0. The lowest BCUT2D eigenvalue weighted by Crippen LogP contribution is -1.93. The van der Waals surface area contributed by atoms with Gasteiger partial charge in [0.2, 0.25) is 0 Å². The average Bonchev–Trinajstić information content (AvgIpc) is 2.21. The summed E-state index contributed by atoms with van der Waals surface area (Å²) in [5.74, 6) is 0. The Kier molecular flexibility index (Phi) is 2.37. The van der Waals surface area contributed by atoms with Gasteiger partial charge in [0, 0.05) is 12.5 Å². The lowest BCUT2D eigenvalue weighted by Gasteiger charge is -1.99. The van der Waals surface area contributed by atoms with E-state index in [9.17, 15) is 0 Å². The number of benzene rings is 1. The number of aliphatic imine (C=N–C) groups is 1. The Hall–Kier alpha value is -1.63. The summed E-state index contributed by atoms with van der Waals surface area (Å²) in [5, 5.41) is 0. The lowest BCUT2D eigenvalue weighted by atomic mass is 10.1. The maximum atomic E-state index is 4.44. The second kappa shape index (κ2) is 3.85. The highest BCUT2D eigenvalue weighted by Crippen LogP contribution is 2.12. The van der Waals surface area contributed by atoms with Gasteiger partial charge in [0.05, 0.1) is 11.4 Å². The minimum atomic E-state index is 0.880. The van der Waals surface area contributed by atoms with Crippen LogP contribution in [0.4, 0.5) is 5.69 Å². The lowest BCUT2D eigenvalue weighted by molar-refractivity contribution is 1.38. The maximum Gasteiger partial charge on any atom is 0.0633 e. The Labute approximate surface area is 78.1 Å². The van der Waals surface area contributed by atoms with Crippen LogP contribution < -0.4 is 0 Å². The molecule has 0 spiro atoms. The predicted octanol–water partition coefficient (Wildman–Crippen LogP) is 3.08. The van der Waals surface area contributed by atoms with Crippen LogP contribution in [-0.4, -0.2) is 5.71 Å². The Bertz CT molecular complexity index is 358. The molecule has 1 nitrogen and oxygen atoms in total. The molecular formula is C12H10N. The normalized spacial score (nSPS) is 18.0. The van der Waals surface area contributed by atoms with Gasteiger partial charge in [-0.3, -0.25) is 4.99 Å². The van der Waals surface area contributed by atoms with Crippen LogP contribution >= 0.6 is 0 Å². The van der Waals surface area contributed by atoms with Crippen LogP contribution in [0.3, 0.4) is 0 Å². The molecule has 1 aliphatic carbocycles. The van der Waals surface area contributed by atoms with Gasteiger partial charge in [-0.25, -0.2) is 0 Å². The third kappa shape index (κ3) is 2.15. The minimum absolute atomic E-state index is 0.880. The zero-order chi connectivity index (χ0) is 8.93. The summed E-state index contributed by atoms with van der Waals surface area (Å²) in [6, 6.07) is 9.95. The first-order valence-electron chi connectivity index (χ1n) is 4.33. The highest BCUT2D eigenvalue weighted by molar-refractivity contribution is 5.95. The Morgan fingerprint density at radius 2 is 2.00 bits per heavy atom. The third-order valence-corrected chi connectivity index (χ3v) is 1.81. The quantitative estimate of drug-likeness (QED) is 0.611. The molecule has 2 rings (SSSR count). The number of hydrogen-bond donors (Lipinski definition) is 0. The zero-order valence-electron chi connectivity index (χ0n) is 7.27. The van der Waals surface area contributed by atoms with Gasteiger partial charge in [0.25, 0.3) is 0 Å².